The van der Waals surface area contributed by atoms with Gasteiger partial charge in [-0.2, -0.15) is 0 Å². The highest BCUT2D eigenvalue weighted by atomic mass is 16.4. The lowest BCUT2D eigenvalue weighted by Gasteiger charge is -2.22. The Morgan fingerprint density at radius 2 is 1.80 bits per heavy atom. The maximum absolute atomic E-state index is 11.0. The summed E-state index contributed by atoms with van der Waals surface area (Å²) in [5, 5.41) is 21.2. The van der Waals surface area contributed by atoms with Gasteiger partial charge in [0, 0.05) is 11.6 Å². The molecule has 0 bridgehead atoms. The van der Waals surface area contributed by atoms with Crippen molar-refractivity contribution in [2.75, 3.05) is 6.54 Å². The first kappa shape index (κ1) is 16.4. The zero-order valence-electron chi connectivity index (χ0n) is 11.9. The molecule has 0 amide bonds. The molecular formula is C15H23NO4. The normalized spacial score (nSPS) is 18.1. The zero-order chi connectivity index (χ0) is 15.0. The van der Waals surface area contributed by atoms with Crippen LogP contribution in [0.3, 0.4) is 0 Å². The smallest absolute Gasteiger partial charge is 0.335 e. The first-order chi connectivity index (χ1) is 9.50. The number of nitrogens with one attached hydrogen (secondary N) is 1. The lowest BCUT2D eigenvalue weighted by molar-refractivity contribution is -0.132. The van der Waals surface area contributed by atoms with Crippen LogP contribution in [0, 0.1) is 0 Å². The van der Waals surface area contributed by atoms with Crippen LogP contribution in [-0.4, -0.2) is 34.7 Å². The SMILES string of the molecule is CC(=CC(=CCCNC1CCCCC1)C(=O)O)C(=O)O. The van der Waals surface area contributed by atoms with Crippen LogP contribution >= 0.6 is 0 Å². The Kier molecular flexibility index (Phi) is 7.01. The third-order valence-electron chi connectivity index (χ3n) is 3.50. The largest absolute Gasteiger partial charge is 0.478 e. The van der Waals surface area contributed by atoms with E-state index in [0.717, 1.165) is 6.54 Å². The van der Waals surface area contributed by atoms with Crippen LogP contribution in [0.2, 0.25) is 0 Å². The van der Waals surface area contributed by atoms with Gasteiger partial charge in [0.2, 0.25) is 0 Å². The molecule has 1 fully saturated rings. The summed E-state index contributed by atoms with van der Waals surface area (Å²) >= 11 is 0. The van der Waals surface area contributed by atoms with Crippen molar-refractivity contribution in [1.29, 1.82) is 0 Å². The van der Waals surface area contributed by atoms with Crippen LogP contribution in [0.1, 0.15) is 45.4 Å². The highest BCUT2D eigenvalue weighted by molar-refractivity contribution is 5.94. The fraction of sp³-hybridized carbons (Fsp3) is 0.600. The summed E-state index contributed by atoms with van der Waals surface area (Å²) in [6, 6.07) is 0.543. The van der Waals surface area contributed by atoms with E-state index in [2.05, 4.69) is 5.32 Å². The lowest BCUT2D eigenvalue weighted by Crippen LogP contribution is -2.31. The minimum atomic E-state index is -1.10. The monoisotopic (exact) mass is 281 g/mol. The van der Waals surface area contributed by atoms with Crippen molar-refractivity contribution in [2.24, 2.45) is 0 Å². The van der Waals surface area contributed by atoms with Crippen LogP contribution in [0.15, 0.2) is 23.3 Å². The van der Waals surface area contributed by atoms with Gasteiger partial charge in [-0.05, 0) is 38.8 Å². The predicted molar refractivity (Wildman–Crippen MR) is 76.6 cm³/mol. The highest BCUT2D eigenvalue weighted by Crippen LogP contribution is 2.17. The van der Waals surface area contributed by atoms with Gasteiger partial charge in [-0.1, -0.05) is 25.3 Å². The van der Waals surface area contributed by atoms with Crippen LogP contribution in [0.5, 0.6) is 0 Å². The Balaban J connectivity index is 2.45. The van der Waals surface area contributed by atoms with Gasteiger partial charge in [-0.15, -0.1) is 0 Å². The highest BCUT2D eigenvalue weighted by Gasteiger charge is 2.12. The van der Waals surface area contributed by atoms with E-state index in [4.69, 9.17) is 10.2 Å². The van der Waals surface area contributed by atoms with Crippen molar-refractivity contribution in [1.82, 2.24) is 5.32 Å². The summed E-state index contributed by atoms with van der Waals surface area (Å²) in [5.74, 6) is -2.19. The Morgan fingerprint density at radius 1 is 1.15 bits per heavy atom. The van der Waals surface area contributed by atoms with Gasteiger partial charge < -0.3 is 15.5 Å². The number of hydrogen-bond acceptors (Lipinski definition) is 3. The van der Waals surface area contributed by atoms with Gasteiger partial charge >= 0.3 is 11.9 Å². The quantitative estimate of drug-likeness (QED) is 0.379. The summed E-state index contributed by atoms with van der Waals surface area (Å²) in [4.78, 5) is 21.7. The Morgan fingerprint density at radius 3 is 2.35 bits per heavy atom. The third kappa shape index (κ3) is 6.02. The average molecular weight is 281 g/mol. The molecule has 1 rings (SSSR count). The van der Waals surface area contributed by atoms with E-state index in [9.17, 15) is 9.59 Å². The molecule has 3 N–H and O–H groups in total. The minimum absolute atomic E-state index is 0.0267. The van der Waals surface area contributed by atoms with E-state index < -0.39 is 11.9 Å². The molecule has 0 aliphatic heterocycles. The molecule has 0 aromatic rings. The third-order valence-corrected chi connectivity index (χ3v) is 3.50. The maximum atomic E-state index is 11.0. The van der Waals surface area contributed by atoms with Gasteiger partial charge in [0.15, 0.2) is 0 Å². The molecule has 0 radical (unpaired) electrons. The molecule has 0 aromatic heterocycles. The summed E-state index contributed by atoms with van der Waals surface area (Å²) in [5.41, 5.74) is 0.0641. The van der Waals surface area contributed by atoms with Gasteiger partial charge in [-0.3, -0.25) is 0 Å². The molecule has 1 aliphatic carbocycles. The van der Waals surface area contributed by atoms with E-state index in [0.29, 0.717) is 12.5 Å². The standard InChI is InChI=1S/C15H23NO4/c1-11(14(17)18)10-12(15(19)20)6-5-9-16-13-7-3-2-4-8-13/h6,10,13,16H,2-5,7-9H2,1H3,(H,17,18)(H,19,20). The van der Waals surface area contributed by atoms with E-state index in [1.165, 1.54) is 45.1 Å². The topological polar surface area (TPSA) is 86.6 Å². The molecule has 5 heteroatoms. The van der Waals surface area contributed by atoms with Gasteiger partial charge in [0.05, 0.1) is 5.57 Å². The molecule has 0 aromatic carbocycles. The molecule has 0 unspecified atom stereocenters. The average Bonchev–Trinajstić information content (AvgIpc) is 2.42. The Hall–Kier alpha value is -1.62. The van der Waals surface area contributed by atoms with Crippen molar-refractivity contribution in [3.05, 3.63) is 23.3 Å². The van der Waals surface area contributed by atoms with Crippen molar-refractivity contribution in [3.63, 3.8) is 0 Å². The minimum Gasteiger partial charge on any atom is -0.478 e. The first-order valence-electron chi connectivity index (χ1n) is 7.09. The summed E-state index contributed by atoms with van der Waals surface area (Å²) < 4.78 is 0. The van der Waals surface area contributed by atoms with Crippen LogP contribution < -0.4 is 5.32 Å². The predicted octanol–water partition coefficient (Wildman–Crippen LogP) is 2.34. The second kappa shape index (κ2) is 8.53. The second-order valence-corrected chi connectivity index (χ2v) is 5.17. The number of hydrogen-bond donors (Lipinski definition) is 3. The van der Waals surface area contributed by atoms with Crippen molar-refractivity contribution in [3.8, 4) is 0 Å². The Labute approximate surface area is 119 Å². The van der Waals surface area contributed by atoms with Gasteiger partial charge in [0.25, 0.3) is 0 Å². The van der Waals surface area contributed by atoms with Gasteiger partial charge in [-0.25, -0.2) is 9.59 Å². The summed E-state index contributed by atoms with van der Waals surface area (Å²) in [6.07, 6.45) is 9.56. The molecule has 1 saturated carbocycles. The maximum Gasteiger partial charge on any atom is 0.335 e. The number of carboxylic acids is 2. The molecular weight excluding hydrogens is 258 g/mol. The van der Waals surface area contributed by atoms with Crippen molar-refractivity contribution >= 4 is 11.9 Å². The molecule has 112 valence electrons. The van der Waals surface area contributed by atoms with Crippen molar-refractivity contribution < 1.29 is 19.8 Å². The first-order valence-corrected chi connectivity index (χ1v) is 7.09. The number of carbonyl (C=O) groups is 2. The number of rotatable bonds is 7. The number of aliphatic carboxylic acids is 2. The zero-order valence-corrected chi connectivity index (χ0v) is 11.9. The summed E-state index contributed by atoms with van der Waals surface area (Å²) in [6.45, 7) is 2.11. The van der Waals surface area contributed by atoms with Crippen molar-refractivity contribution in [2.45, 2.75) is 51.5 Å². The molecule has 0 spiro atoms. The fourth-order valence-electron chi connectivity index (χ4n) is 2.32. The summed E-state index contributed by atoms with van der Waals surface area (Å²) in [7, 11) is 0. The second-order valence-electron chi connectivity index (χ2n) is 5.17. The lowest BCUT2D eigenvalue weighted by atomic mass is 9.95. The molecule has 20 heavy (non-hydrogen) atoms. The molecule has 0 saturated heterocycles. The molecule has 0 heterocycles. The fourth-order valence-corrected chi connectivity index (χ4v) is 2.32. The van der Waals surface area contributed by atoms with Gasteiger partial charge in [0.1, 0.15) is 0 Å². The molecule has 0 atom stereocenters. The van der Waals surface area contributed by atoms with Crippen LogP contribution in [0.25, 0.3) is 0 Å². The van der Waals surface area contributed by atoms with Crippen LogP contribution in [0.4, 0.5) is 0 Å². The Bertz CT molecular complexity index is 406. The number of carboxylic acid groups (broad SMARTS) is 2. The van der Waals surface area contributed by atoms with Crippen LogP contribution in [-0.2, 0) is 9.59 Å². The van der Waals surface area contributed by atoms with E-state index in [1.807, 2.05) is 0 Å². The molecule has 1 aliphatic rings. The molecule has 5 nitrogen and oxygen atoms in total. The van der Waals surface area contributed by atoms with E-state index >= 15 is 0 Å². The van der Waals surface area contributed by atoms with E-state index in [-0.39, 0.29) is 11.1 Å². The van der Waals surface area contributed by atoms with E-state index in [1.54, 1.807) is 6.08 Å².